The van der Waals surface area contributed by atoms with E-state index in [1.54, 1.807) is 0 Å². The summed E-state index contributed by atoms with van der Waals surface area (Å²) in [4.78, 5) is 11.4. The van der Waals surface area contributed by atoms with Gasteiger partial charge in [0.25, 0.3) is 0 Å². The number of carbonyl (C=O) groups excluding carboxylic acids is 1. The predicted molar refractivity (Wildman–Crippen MR) is 105 cm³/mol. The Balaban J connectivity index is 3.30. The fraction of sp³-hybridized carbons (Fsp3) is 0.762. The van der Waals surface area contributed by atoms with Gasteiger partial charge in [0, 0.05) is 6.42 Å². The Morgan fingerprint density at radius 1 is 0.960 bits per heavy atom. The van der Waals surface area contributed by atoms with E-state index < -0.39 is 6.04 Å². The Kier molecular flexibility index (Phi) is 18.3. The average molecular weight is 354 g/mol. The van der Waals surface area contributed by atoms with Crippen molar-refractivity contribution in [1.29, 1.82) is 0 Å². The number of ether oxygens (including phenoxy) is 1. The summed E-state index contributed by atoms with van der Waals surface area (Å²) in [7, 11) is 0. The van der Waals surface area contributed by atoms with Crippen molar-refractivity contribution < 1.29 is 14.6 Å². The minimum Gasteiger partial charge on any atom is -0.464 e. The van der Waals surface area contributed by atoms with E-state index in [2.05, 4.69) is 31.2 Å². The summed E-state index contributed by atoms with van der Waals surface area (Å²) in [5.74, 6) is -0.213. The van der Waals surface area contributed by atoms with Gasteiger partial charge in [-0.05, 0) is 38.5 Å². The van der Waals surface area contributed by atoms with Gasteiger partial charge in [-0.3, -0.25) is 4.79 Å². The van der Waals surface area contributed by atoms with Gasteiger partial charge in [0.1, 0.15) is 6.61 Å². The summed E-state index contributed by atoms with van der Waals surface area (Å²) in [5.41, 5.74) is 5.47. The number of aliphatic hydroxyl groups excluding tert-OH is 1. The summed E-state index contributed by atoms with van der Waals surface area (Å²) >= 11 is 0. The molecule has 0 spiro atoms. The van der Waals surface area contributed by atoms with Gasteiger partial charge < -0.3 is 15.6 Å². The molecule has 0 fully saturated rings. The lowest BCUT2D eigenvalue weighted by atomic mass is 10.1. The van der Waals surface area contributed by atoms with E-state index in [1.807, 2.05) is 0 Å². The third-order valence-electron chi connectivity index (χ3n) is 4.02. The Hall–Kier alpha value is -1.13. The topological polar surface area (TPSA) is 72.5 Å². The summed E-state index contributed by atoms with van der Waals surface area (Å²) < 4.78 is 4.98. The second kappa shape index (κ2) is 19.2. The zero-order valence-corrected chi connectivity index (χ0v) is 16.1. The van der Waals surface area contributed by atoms with E-state index in [9.17, 15) is 4.79 Å². The quantitative estimate of drug-likeness (QED) is 0.226. The van der Waals surface area contributed by atoms with Crippen molar-refractivity contribution in [2.75, 3.05) is 13.2 Å². The maximum Gasteiger partial charge on any atom is 0.305 e. The van der Waals surface area contributed by atoms with Crippen molar-refractivity contribution in [2.45, 2.75) is 90.0 Å². The number of aliphatic hydroxyl groups is 1. The second-order valence-corrected chi connectivity index (χ2v) is 6.61. The van der Waals surface area contributed by atoms with Crippen molar-refractivity contribution in [3.8, 4) is 0 Å². The molecule has 4 nitrogen and oxygen atoms in total. The first-order valence-electron chi connectivity index (χ1n) is 10.0. The molecule has 4 heteroatoms. The van der Waals surface area contributed by atoms with Crippen LogP contribution < -0.4 is 5.73 Å². The van der Waals surface area contributed by atoms with Crippen molar-refractivity contribution in [3.63, 3.8) is 0 Å². The molecule has 25 heavy (non-hydrogen) atoms. The smallest absolute Gasteiger partial charge is 0.305 e. The van der Waals surface area contributed by atoms with Gasteiger partial charge in [-0.2, -0.15) is 0 Å². The van der Waals surface area contributed by atoms with Crippen LogP contribution in [0, 0.1) is 0 Å². The molecule has 1 unspecified atom stereocenters. The van der Waals surface area contributed by atoms with Crippen LogP contribution in [0.25, 0.3) is 0 Å². The Bertz CT molecular complexity index is 353. The van der Waals surface area contributed by atoms with Crippen LogP contribution in [-0.2, 0) is 9.53 Å². The molecular weight excluding hydrogens is 314 g/mol. The van der Waals surface area contributed by atoms with Gasteiger partial charge in [0.2, 0.25) is 0 Å². The highest BCUT2D eigenvalue weighted by Crippen LogP contribution is 2.08. The highest BCUT2D eigenvalue weighted by atomic mass is 16.5. The first kappa shape index (κ1) is 23.9. The zero-order valence-electron chi connectivity index (χ0n) is 16.1. The Morgan fingerprint density at radius 3 is 2.20 bits per heavy atom. The summed E-state index contributed by atoms with van der Waals surface area (Å²) in [6.45, 7) is 2.18. The van der Waals surface area contributed by atoms with Gasteiger partial charge >= 0.3 is 5.97 Å². The van der Waals surface area contributed by atoms with Gasteiger partial charge in [-0.15, -0.1) is 0 Å². The van der Waals surface area contributed by atoms with Crippen LogP contribution in [0.5, 0.6) is 0 Å². The molecule has 0 saturated heterocycles. The first-order chi connectivity index (χ1) is 12.2. The van der Waals surface area contributed by atoms with Crippen molar-refractivity contribution in [3.05, 3.63) is 24.3 Å². The maximum absolute atomic E-state index is 11.4. The number of hydrogen-bond acceptors (Lipinski definition) is 4. The van der Waals surface area contributed by atoms with E-state index in [-0.39, 0.29) is 19.2 Å². The van der Waals surface area contributed by atoms with Gasteiger partial charge in [0.05, 0.1) is 12.6 Å². The first-order valence-corrected chi connectivity index (χ1v) is 10.0. The molecule has 0 aromatic rings. The monoisotopic (exact) mass is 353 g/mol. The predicted octanol–water partition coefficient (Wildman–Crippen LogP) is 4.66. The lowest BCUT2D eigenvalue weighted by Crippen LogP contribution is -2.31. The normalized spacial score (nSPS) is 12.9. The van der Waals surface area contributed by atoms with Crippen molar-refractivity contribution >= 4 is 5.97 Å². The molecule has 0 aromatic heterocycles. The average Bonchev–Trinajstić information content (AvgIpc) is 2.62. The van der Waals surface area contributed by atoms with Gasteiger partial charge in [-0.1, -0.05) is 63.3 Å². The van der Waals surface area contributed by atoms with E-state index in [4.69, 9.17) is 15.6 Å². The molecule has 0 heterocycles. The molecule has 146 valence electrons. The van der Waals surface area contributed by atoms with Crippen LogP contribution in [-0.4, -0.2) is 30.3 Å². The number of esters is 1. The molecule has 1 atom stereocenters. The highest BCUT2D eigenvalue weighted by Gasteiger charge is 2.06. The fourth-order valence-corrected chi connectivity index (χ4v) is 2.41. The lowest BCUT2D eigenvalue weighted by Gasteiger charge is -2.08. The molecule has 0 rings (SSSR count). The Labute approximate surface area is 154 Å². The molecule has 0 aliphatic rings. The number of carbonyl (C=O) groups is 1. The van der Waals surface area contributed by atoms with E-state index in [0.717, 1.165) is 32.1 Å². The highest BCUT2D eigenvalue weighted by molar-refractivity contribution is 5.69. The van der Waals surface area contributed by atoms with Gasteiger partial charge in [0.15, 0.2) is 0 Å². The third kappa shape index (κ3) is 19.0. The van der Waals surface area contributed by atoms with Crippen LogP contribution in [0.2, 0.25) is 0 Å². The number of allylic oxidation sites excluding steroid dienone is 4. The van der Waals surface area contributed by atoms with Crippen molar-refractivity contribution in [1.82, 2.24) is 0 Å². The molecule has 0 saturated carbocycles. The van der Waals surface area contributed by atoms with Crippen LogP contribution in [0.4, 0.5) is 0 Å². The van der Waals surface area contributed by atoms with E-state index >= 15 is 0 Å². The fourth-order valence-electron chi connectivity index (χ4n) is 2.41. The zero-order chi connectivity index (χ0) is 18.6. The van der Waals surface area contributed by atoms with Crippen molar-refractivity contribution in [2.24, 2.45) is 5.73 Å². The largest absolute Gasteiger partial charge is 0.464 e. The molecule has 0 aliphatic heterocycles. The Morgan fingerprint density at radius 2 is 1.56 bits per heavy atom. The molecule has 0 aliphatic carbocycles. The number of unbranched alkanes of at least 4 members (excludes halogenated alkanes) is 8. The van der Waals surface area contributed by atoms with E-state index in [1.165, 1.54) is 38.5 Å². The molecule has 0 radical (unpaired) electrons. The number of nitrogens with two attached hydrogens (primary N) is 1. The standard InChI is InChI=1S/C21H39NO3/c1-2-3-4-5-6-7-8-9-10-11-12-13-14-15-16-17-21(24)25-19-20(22)18-23/h6-7,9-10,20,23H,2-5,8,11-19,22H2,1H3/b7-6-,10-9-. The summed E-state index contributed by atoms with van der Waals surface area (Å²) in [5, 5.41) is 8.74. The summed E-state index contributed by atoms with van der Waals surface area (Å²) in [6.07, 6.45) is 22.4. The van der Waals surface area contributed by atoms with Crippen LogP contribution >= 0.6 is 0 Å². The maximum atomic E-state index is 11.4. The number of rotatable bonds is 17. The third-order valence-corrected chi connectivity index (χ3v) is 4.02. The minimum absolute atomic E-state index is 0.107. The van der Waals surface area contributed by atoms with E-state index in [0.29, 0.717) is 6.42 Å². The summed E-state index contributed by atoms with van der Waals surface area (Å²) in [6, 6.07) is -0.464. The molecular formula is C21H39NO3. The molecule has 0 bridgehead atoms. The molecule has 3 N–H and O–H groups in total. The number of hydrogen-bond donors (Lipinski definition) is 2. The minimum atomic E-state index is -0.464. The lowest BCUT2D eigenvalue weighted by molar-refractivity contribution is -0.144. The van der Waals surface area contributed by atoms with Crippen LogP contribution in [0.1, 0.15) is 84.0 Å². The SMILES string of the molecule is CCCCC/C=C\C/C=C\CCCCCCCC(=O)OCC(N)CO. The van der Waals surface area contributed by atoms with Crippen LogP contribution in [0.15, 0.2) is 24.3 Å². The van der Waals surface area contributed by atoms with Gasteiger partial charge in [-0.25, -0.2) is 0 Å². The second-order valence-electron chi connectivity index (χ2n) is 6.61. The molecule has 0 aromatic carbocycles. The van der Waals surface area contributed by atoms with Crippen LogP contribution in [0.3, 0.4) is 0 Å². The molecule has 0 amide bonds.